The lowest BCUT2D eigenvalue weighted by molar-refractivity contribution is 0.0388. The first-order valence-electron chi connectivity index (χ1n) is 17.0. The lowest BCUT2D eigenvalue weighted by atomic mass is 9.83. The molecule has 11 nitrogen and oxygen atoms in total. The number of nitrogens with zero attached hydrogens (tertiary/aromatic N) is 7. The maximum Gasteiger partial charge on any atom is 0.228 e. The molecule has 0 bridgehead atoms. The number of hydrogen-bond donors (Lipinski definition) is 2. The summed E-state index contributed by atoms with van der Waals surface area (Å²) in [6.07, 6.45) is 8.98. The number of fused-ring (bicyclic) bond motifs is 3. The van der Waals surface area contributed by atoms with E-state index in [2.05, 4.69) is 76.9 Å². The number of benzene rings is 1. The maximum absolute atomic E-state index is 5.51. The highest BCUT2D eigenvalue weighted by Crippen LogP contribution is 2.40. The summed E-state index contributed by atoms with van der Waals surface area (Å²) in [4.78, 5) is 12.1. The van der Waals surface area contributed by atoms with Gasteiger partial charge in [-0.05, 0) is 41.4 Å². The van der Waals surface area contributed by atoms with Crippen LogP contribution in [0.25, 0.3) is 28.1 Å². The molecule has 47 heavy (non-hydrogen) atoms. The van der Waals surface area contributed by atoms with E-state index < -0.39 is 0 Å². The van der Waals surface area contributed by atoms with Gasteiger partial charge in [-0.25, -0.2) is 9.97 Å². The Morgan fingerprint density at radius 3 is 2.64 bits per heavy atom. The molecule has 0 spiro atoms. The van der Waals surface area contributed by atoms with Crippen molar-refractivity contribution in [3.05, 3.63) is 65.7 Å². The van der Waals surface area contributed by atoms with Crippen molar-refractivity contribution in [3.63, 3.8) is 0 Å². The number of aryl methyl sites for hydroxylation is 3. The zero-order valence-electron chi connectivity index (χ0n) is 28.5. The Balaban J connectivity index is 1.25. The second-order valence-corrected chi connectivity index (χ2v) is 12.7. The first-order chi connectivity index (χ1) is 22.9. The van der Waals surface area contributed by atoms with Gasteiger partial charge in [0.05, 0.1) is 43.4 Å². The largest absolute Gasteiger partial charge is 0.389 e. The minimum atomic E-state index is 0.423. The van der Waals surface area contributed by atoms with E-state index in [0.717, 1.165) is 92.4 Å². The fraction of sp³-hybridized carbons (Fsp3) is 0.500. The number of nitrogens with one attached hydrogen (secondary N) is 2. The Labute approximate surface area is 278 Å². The summed E-state index contributed by atoms with van der Waals surface area (Å²) < 4.78 is 14.5. The first-order valence-corrected chi connectivity index (χ1v) is 17.0. The molecule has 250 valence electrons. The van der Waals surface area contributed by atoms with E-state index in [9.17, 15) is 0 Å². The van der Waals surface area contributed by atoms with Crippen LogP contribution >= 0.6 is 0 Å². The lowest BCUT2D eigenvalue weighted by Crippen LogP contribution is -2.39. The third-order valence-electron chi connectivity index (χ3n) is 9.67. The number of hydrogen-bond acceptors (Lipinski definition) is 9. The minimum absolute atomic E-state index is 0.423. The van der Waals surface area contributed by atoms with E-state index in [1.54, 1.807) is 7.11 Å². The zero-order chi connectivity index (χ0) is 32.8. The van der Waals surface area contributed by atoms with Crippen LogP contribution in [0.4, 0.5) is 11.8 Å². The quantitative estimate of drug-likeness (QED) is 0.181. The molecule has 11 heteroatoms. The molecule has 3 aromatic heterocycles. The minimum Gasteiger partial charge on any atom is -0.389 e. The molecule has 2 aliphatic rings. The summed E-state index contributed by atoms with van der Waals surface area (Å²) in [5, 5.41) is 16.5. The van der Waals surface area contributed by atoms with Crippen molar-refractivity contribution in [1.82, 2.24) is 39.7 Å². The van der Waals surface area contributed by atoms with Gasteiger partial charge < -0.3 is 20.1 Å². The van der Waals surface area contributed by atoms with E-state index in [1.165, 1.54) is 11.1 Å². The van der Waals surface area contributed by atoms with Crippen LogP contribution in [-0.4, -0.2) is 87.5 Å². The summed E-state index contributed by atoms with van der Waals surface area (Å²) >= 11 is 0. The molecular formula is C36H49N9O2. The number of allylic oxidation sites excluding steroid dienone is 1. The molecule has 1 saturated heterocycles. The van der Waals surface area contributed by atoms with Crippen LogP contribution < -0.4 is 10.6 Å². The Morgan fingerprint density at radius 2 is 1.87 bits per heavy atom. The molecule has 0 saturated carbocycles. The van der Waals surface area contributed by atoms with Gasteiger partial charge >= 0.3 is 0 Å². The van der Waals surface area contributed by atoms with Crippen LogP contribution in [0.1, 0.15) is 44.0 Å². The summed E-state index contributed by atoms with van der Waals surface area (Å²) in [7, 11) is 3.72. The third kappa shape index (κ3) is 7.58. The average Bonchev–Trinajstić information content (AvgIpc) is 3.70. The number of methoxy groups -OCH3 is 1. The molecule has 2 atom stereocenters. The molecule has 1 fully saturated rings. The van der Waals surface area contributed by atoms with Gasteiger partial charge in [0, 0.05) is 76.1 Å². The SMILES string of the molecule is CCC(C)C(C)/C(=C\NCCN1CCOCC1)c1ccc(-c2c3c(nn2C)CCc2cnc(Nc4ccn(CCOC)n4)nc2-3)cc1. The van der Waals surface area contributed by atoms with Crippen LogP contribution in [0.15, 0.2) is 48.9 Å². The van der Waals surface area contributed by atoms with Gasteiger partial charge in [0.2, 0.25) is 5.95 Å². The van der Waals surface area contributed by atoms with Gasteiger partial charge in [-0.3, -0.25) is 14.3 Å². The predicted molar refractivity (Wildman–Crippen MR) is 186 cm³/mol. The van der Waals surface area contributed by atoms with Crippen molar-refractivity contribution in [2.75, 3.05) is 58.4 Å². The number of ether oxygens (including phenoxy) is 2. The highest BCUT2D eigenvalue weighted by Gasteiger charge is 2.27. The topological polar surface area (TPSA) is 107 Å². The summed E-state index contributed by atoms with van der Waals surface area (Å²) in [6, 6.07) is 10.9. The number of anilines is 2. The fourth-order valence-corrected chi connectivity index (χ4v) is 6.49. The Kier molecular flexibility index (Phi) is 10.6. The van der Waals surface area contributed by atoms with Crippen LogP contribution in [0.3, 0.4) is 0 Å². The van der Waals surface area contributed by atoms with Crippen molar-refractivity contribution in [1.29, 1.82) is 0 Å². The molecule has 4 aromatic rings. The average molecular weight is 640 g/mol. The van der Waals surface area contributed by atoms with Crippen LogP contribution in [0, 0.1) is 11.8 Å². The predicted octanol–water partition coefficient (Wildman–Crippen LogP) is 5.17. The van der Waals surface area contributed by atoms with Crippen LogP contribution in [-0.2, 0) is 35.9 Å². The summed E-state index contributed by atoms with van der Waals surface area (Å²) in [5.41, 5.74) is 9.02. The molecule has 0 amide bonds. The van der Waals surface area contributed by atoms with Crippen molar-refractivity contribution in [3.8, 4) is 22.5 Å². The van der Waals surface area contributed by atoms with Gasteiger partial charge in [-0.15, -0.1) is 0 Å². The second-order valence-electron chi connectivity index (χ2n) is 12.7. The van der Waals surface area contributed by atoms with Crippen LogP contribution in [0.2, 0.25) is 0 Å². The van der Waals surface area contributed by atoms with E-state index >= 15 is 0 Å². The molecule has 1 aliphatic carbocycles. The number of morpholine rings is 1. The Hall–Kier alpha value is -4.06. The molecule has 1 aromatic carbocycles. The highest BCUT2D eigenvalue weighted by atomic mass is 16.5. The monoisotopic (exact) mass is 639 g/mol. The van der Waals surface area contributed by atoms with E-state index in [0.29, 0.717) is 36.8 Å². The smallest absolute Gasteiger partial charge is 0.228 e. The van der Waals surface area contributed by atoms with Crippen molar-refractivity contribution in [2.45, 2.75) is 46.6 Å². The molecule has 6 rings (SSSR count). The summed E-state index contributed by atoms with van der Waals surface area (Å²) in [6.45, 7) is 13.9. The molecule has 2 N–H and O–H groups in total. The van der Waals surface area contributed by atoms with E-state index in [4.69, 9.17) is 19.6 Å². The van der Waals surface area contributed by atoms with Crippen molar-refractivity contribution >= 4 is 17.3 Å². The second kappa shape index (κ2) is 15.2. The zero-order valence-corrected chi connectivity index (χ0v) is 28.5. The van der Waals surface area contributed by atoms with Gasteiger partial charge in [0.25, 0.3) is 0 Å². The van der Waals surface area contributed by atoms with Gasteiger partial charge in [0.1, 0.15) is 0 Å². The first kappa shape index (κ1) is 32.9. The Bertz CT molecular complexity index is 1650. The van der Waals surface area contributed by atoms with Gasteiger partial charge in [0.15, 0.2) is 5.82 Å². The third-order valence-corrected chi connectivity index (χ3v) is 9.67. The van der Waals surface area contributed by atoms with E-state index in [1.807, 2.05) is 34.9 Å². The number of rotatable bonds is 14. The maximum atomic E-state index is 5.51. The lowest BCUT2D eigenvalue weighted by Gasteiger charge is -2.27. The van der Waals surface area contributed by atoms with Crippen LogP contribution in [0.5, 0.6) is 0 Å². The highest BCUT2D eigenvalue weighted by molar-refractivity contribution is 5.85. The molecule has 0 radical (unpaired) electrons. The molecule has 1 aliphatic heterocycles. The molecule has 4 heterocycles. The standard InChI is InChI=1S/C36H49N9O2/c1-6-25(2)26(3)30(24-37-14-16-44-17-21-47-22-18-44)27-7-9-28(10-8-27)35-33-31(41-43(35)4)12-11-29-23-38-36(40-34(29)33)39-32-13-15-45(42-32)19-20-46-5/h7-10,13,15,23-26,37H,6,11-12,14,16-22H2,1-5H3,(H,38,39,40,42)/b30-24+. The van der Waals surface area contributed by atoms with Crippen molar-refractivity contribution in [2.24, 2.45) is 18.9 Å². The molecule has 2 unspecified atom stereocenters. The summed E-state index contributed by atoms with van der Waals surface area (Å²) in [5.74, 6) is 2.22. The van der Waals surface area contributed by atoms with Gasteiger partial charge in [-0.1, -0.05) is 51.5 Å². The van der Waals surface area contributed by atoms with E-state index in [-0.39, 0.29) is 0 Å². The van der Waals surface area contributed by atoms with Gasteiger partial charge in [-0.2, -0.15) is 10.2 Å². The Morgan fingerprint density at radius 1 is 1.06 bits per heavy atom. The number of aromatic nitrogens is 6. The fourth-order valence-electron chi connectivity index (χ4n) is 6.49. The molecular weight excluding hydrogens is 590 g/mol. The van der Waals surface area contributed by atoms with Crippen molar-refractivity contribution < 1.29 is 9.47 Å². The normalized spacial score (nSPS) is 16.4.